The van der Waals surface area contributed by atoms with Crippen molar-refractivity contribution in [3.05, 3.63) is 45.0 Å². The molecule has 1 atom stereocenters. The van der Waals surface area contributed by atoms with E-state index < -0.39 is 17.3 Å². The summed E-state index contributed by atoms with van der Waals surface area (Å²) in [7, 11) is 0. The third-order valence-corrected chi connectivity index (χ3v) is 3.03. The lowest BCUT2D eigenvalue weighted by Gasteiger charge is -2.28. The number of hydrogen-bond acceptors (Lipinski definition) is 3. The first-order chi connectivity index (χ1) is 8.91. The van der Waals surface area contributed by atoms with E-state index in [0.717, 1.165) is 6.07 Å². The van der Waals surface area contributed by atoms with Crippen molar-refractivity contribution in [2.45, 2.75) is 12.5 Å². The average Bonchev–Trinajstić information content (AvgIpc) is 2.34. The molecule has 0 saturated heterocycles. The van der Waals surface area contributed by atoms with Crippen LogP contribution in [-0.4, -0.2) is 19.0 Å². The Bertz CT molecular complexity index is 532. The molecule has 0 heterocycles. The fourth-order valence-corrected chi connectivity index (χ4v) is 1.97. The molecule has 0 bridgehead atoms. The second kappa shape index (κ2) is 6.38. The van der Waals surface area contributed by atoms with Gasteiger partial charge in [0.1, 0.15) is 11.4 Å². The van der Waals surface area contributed by atoms with Crippen LogP contribution in [0.15, 0.2) is 23.3 Å². The van der Waals surface area contributed by atoms with Crippen LogP contribution in [0.5, 0.6) is 0 Å². The largest absolute Gasteiger partial charge is 0.368 e. The first-order valence-electron chi connectivity index (χ1n) is 5.43. The van der Waals surface area contributed by atoms with E-state index in [1.807, 2.05) is 0 Å². The monoisotopic (exact) mass is 285 g/mol. The average molecular weight is 286 g/mol. The molecule has 1 aromatic carbocycles. The van der Waals surface area contributed by atoms with Crippen LogP contribution in [-0.2, 0) is 10.3 Å². The predicted molar refractivity (Wildman–Crippen MR) is 70.0 cm³/mol. The third kappa shape index (κ3) is 3.57. The number of halogens is 2. The molecule has 0 spiro atoms. The summed E-state index contributed by atoms with van der Waals surface area (Å²) in [5, 5.41) is 6.29. The number of amides is 1. The van der Waals surface area contributed by atoms with Crippen molar-refractivity contribution in [2.24, 2.45) is 10.8 Å². The molecule has 3 N–H and O–H groups in total. The molecular formula is C11H13ClFN5O. The summed E-state index contributed by atoms with van der Waals surface area (Å²) >= 11 is 5.93. The van der Waals surface area contributed by atoms with Crippen LogP contribution >= 0.6 is 11.6 Å². The van der Waals surface area contributed by atoms with E-state index in [0.29, 0.717) is 5.56 Å². The maximum Gasteiger partial charge on any atom is 0.242 e. The van der Waals surface area contributed by atoms with Crippen molar-refractivity contribution < 1.29 is 9.18 Å². The maximum atomic E-state index is 13.0. The number of carbonyl (C=O) groups is 1. The van der Waals surface area contributed by atoms with Gasteiger partial charge in [-0.05, 0) is 24.6 Å². The van der Waals surface area contributed by atoms with Crippen LogP contribution < -0.4 is 11.1 Å². The topological polar surface area (TPSA) is 104 Å². The fourth-order valence-electron chi connectivity index (χ4n) is 1.61. The predicted octanol–water partition coefficient (Wildman–Crippen LogP) is 2.08. The summed E-state index contributed by atoms with van der Waals surface area (Å²) in [6.45, 7) is 1.92. The van der Waals surface area contributed by atoms with Crippen LogP contribution in [0.25, 0.3) is 10.4 Å². The van der Waals surface area contributed by atoms with Crippen molar-refractivity contribution in [3.63, 3.8) is 0 Å². The van der Waals surface area contributed by atoms with Crippen molar-refractivity contribution >= 4 is 17.5 Å². The van der Waals surface area contributed by atoms with Gasteiger partial charge >= 0.3 is 0 Å². The number of hydrogen-bond donors (Lipinski definition) is 2. The Labute approximate surface area is 114 Å². The molecule has 1 amide bonds. The van der Waals surface area contributed by atoms with Crippen LogP contribution in [0.3, 0.4) is 0 Å². The smallest absolute Gasteiger partial charge is 0.242 e. The van der Waals surface area contributed by atoms with Crippen molar-refractivity contribution in [1.29, 1.82) is 0 Å². The molecule has 8 heteroatoms. The highest BCUT2D eigenvalue weighted by Gasteiger charge is 2.34. The Morgan fingerprint density at radius 2 is 2.37 bits per heavy atom. The molecule has 6 nitrogen and oxygen atoms in total. The molecule has 0 fully saturated rings. The number of carbonyl (C=O) groups excluding carboxylic acids is 1. The second-order valence-electron chi connectivity index (χ2n) is 3.99. The van der Waals surface area contributed by atoms with Gasteiger partial charge in [0.25, 0.3) is 0 Å². The molecule has 0 saturated carbocycles. The Morgan fingerprint density at radius 1 is 1.68 bits per heavy atom. The van der Waals surface area contributed by atoms with Gasteiger partial charge in [0.05, 0.1) is 0 Å². The van der Waals surface area contributed by atoms with E-state index in [1.54, 1.807) is 0 Å². The molecule has 102 valence electrons. The van der Waals surface area contributed by atoms with Crippen molar-refractivity contribution in [2.75, 3.05) is 13.1 Å². The number of azide groups is 1. The summed E-state index contributed by atoms with van der Waals surface area (Å²) in [6, 6.07) is 3.69. The maximum absolute atomic E-state index is 13.0. The van der Waals surface area contributed by atoms with E-state index in [1.165, 1.54) is 19.1 Å². The second-order valence-corrected chi connectivity index (χ2v) is 4.40. The Morgan fingerprint density at radius 3 is 2.89 bits per heavy atom. The molecule has 1 rings (SSSR count). The van der Waals surface area contributed by atoms with Crippen molar-refractivity contribution in [1.82, 2.24) is 5.32 Å². The van der Waals surface area contributed by atoms with Gasteiger partial charge in [-0.1, -0.05) is 22.8 Å². The molecule has 0 aromatic heterocycles. The summed E-state index contributed by atoms with van der Waals surface area (Å²) < 4.78 is 13.0. The molecule has 0 radical (unpaired) electrons. The van der Waals surface area contributed by atoms with Gasteiger partial charge in [0.15, 0.2) is 0 Å². The normalized spacial score (nSPS) is 13.4. The van der Waals surface area contributed by atoms with Gasteiger partial charge in [-0.2, -0.15) is 0 Å². The molecule has 0 aliphatic heterocycles. The van der Waals surface area contributed by atoms with Crippen LogP contribution in [0.4, 0.5) is 4.39 Å². The minimum Gasteiger partial charge on any atom is -0.368 e. The van der Waals surface area contributed by atoms with E-state index in [-0.39, 0.29) is 18.1 Å². The molecule has 0 aliphatic rings. The Kier molecular flexibility index (Phi) is 5.11. The number of nitrogens with one attached hydrogen (secondary N) is 1. The minimum absolute atomic E-state index is 0.0950. The van der Waals surface area contributed by atoms with E-state index in [4.69, 9.17) is 22.9 Å². The zero-order valence-electron chi connectivity index (χ0n) is 10.2. The number of primary amides is 1. The van der Waals surface area contributed by atoms with Gasteiger partial charge in [0, 0.05) is 28.6 Å². The van der Waals surface area contributed by atoms with E-state index in [2.05, 4.69) is 15.3 Å². The van der Waals surface area contributed by atoms with Gasteiger partial charge in [-0.25, -0.2) is 4.39 Å². The van der Waals surface area contributed by atoms with Gasteiger partial charge in [-0.3, -0.25) is 10.1 Å². The van der Waals surface area contributed by atoms with Crippen LogP contribution in [0, 0.1) is 5.82 Å². The van der Waals surface area contributed by atoms with Gasteiger partial charge < -0.3 is 5.73 Å². The number of benzene rings is 1. The zero-order chi connectivity index (χ0) is 14.5. The Hall–Kier alpha value is -1.82. The minimum atomic E-state index is -1.27. The highest BCUT2D eigenvalue weighted by molar-refractivity contribution is 6.31. The molecule has 19 heavy (non-hydrogen) atoms. The Balaban J connectivity index is 3.04. The molecule has 0 aliphatic carbocycles. The summed E-state index contributed by atoms with van der Waals surface area (Å²) in [5.41, 5.74) is 12.6. The van der Waals surface area contributed by atoms with Crippen molar-refractivity contribution in [3.8, 4) is 0 Å². The highest BCUT2D eigenvalue weighted by Crippen LogP contribution is 2.28. The zero-order valence-corrected chi connectivity index (χ0v) is 11.0. The van der Waals surface area contributed by atoms with Crippen LogP contribution in [0.1, 0.15) is 12.5 Å². The first-order valence-corrected chi connectivity index (χ1v) is 5.81. The standard InChI is InChI=1S/C11H13ClFN5O/c1-11(10(14)19,16-4-5-17-18-15)8-3-2-7(13)6-9(8)12/h2-3,6,16H,4-5H2,1H3,(H2,14,19). The molecular weight excluding hydrogens is 273 g/mol. The quantitative estimate of drug-likeness (QED) is 0.361. The first kappa shape index (κ1) is 15.2. The summed E-state index contributed by atoms with van der Waals surface area (Å²) in [5.74, 6) is -1.17. The van der Waals surface area contributed by atoms with Gasteiger partial charge in [-0.15, -0.1) is 0 Å². The number of nitrogens with zero attached hydrogens (tertiary/aromatic N) is 3. The molecule has 1 aromatic rings. The third-order valence-electron chi connectivity index (χ3n) is 2.72. The summed E-state index contributed by atoms with van der Waals surface area (Å²) in [4.78, 5) is 14.2. The lowest BCUT2D eigenvalue weighted by molar-refractivity contribution is -0.124. The highest BCUT2D eigenvalue weighted by atomic mass is 35.5. The van der Waals surface area contributed by atoms with Crippen LogP contribution in [0.2, 0.25) is 5.02 Å². The number of rotatable bonds is 6. The lowest BCUT2D eigenvalue weighted by Crippen LogP contribution is -2.51. The van der Waals surface area contributed by atoms with Gasteiger partial charge in [0.2, 0.25) is 5.91 Å². The van der Waals surface area contributed by atoms with E-state index >= 15 is 0 Å². The SMILES string of the molecule is CC(NCCN=[N+]=[N-])(C(N)=O)c1ccc(F)cc1Cl. The lowest BCUT2D eigenvalue weighted by atomic mass is 9.91. The van der Waals surface area contributed by atoms with E-state index in [9.17, 15) is 9.18 Å². The summed E-state index contributed by atoms with van der Waals surface area (Å²) in [6.07, 6.45) is 0. The number of nitrogens with two attached hydrogens (primary N) is 1. The fraction of sp³-hybridized carbons (Fsp3) is 0.364. The molecule has 1 unspecified atom stereocenters.